The fourth-order valence-electron chi connectivity index (χ4n) is 3.23. The van der Waals surface area contributed by atoms with Crippen LogP contribution in [0.5, 0.6) is 5.75 Å². The van der Waals surface area contributed by atoms with E-state index in [1.807, 2.05) is 60.7 Å². The summed E-state index contributed by atoms with van der Waals surface area (Å²) in [6, 6.07) is 19.7. The van der Waals surface area contributed by atoms with Crippen LogP contribution in [0.15, 0.2) is 67.0 Å². The predicted octanol–water partition coefficient (Wildman–Crippen LogP) is 2.90. The number of amides is 1. The quantitative estimate of drug-likeness (QED) is 0.719. The molecule has 1 aliphatic rings. The fraction of sp³-hybridized carbons (Fsp3) is 0.227. The van der Waals surface area contributed by atoms with E-state index in [-0.39, 0.29) is 11.8 Å². The summed E-state index contributed by atoms with van der Waals surface area (Å²) >= 11 is 0. The topological polar surface area (TPSA) is 67.3 Å². The average Bonchev–Trinajstić information content (AvgIpc) is 2.72. The molecule has 2 heterocycles. The van der Waals surface area contributed by atoms with Gasteiger partial charge in [-0.1, -0.05) is 42.5 Å². The van der Waals surface area contributed by atoms with Gasteiger partial charge >= 0.3 is 0 Å². The highest BCUT2D eigenvalue weighted by Crippen LogP contribution is 2.26. The molecule has 6 heteroatoms. The lowest BCUT2D eigenvalue weighted by Gasteiger charge is -2.39. The lowest BCUT2D eigenvalue weighted by molar-refractivity contribution is -0.125. The van der Waals surface area contributed by atoms with E-state index in [0.717, 1.165) is 28.4 Å². The molecule has 1 saturated heterocycles. The van der Waals surface area contributed by atoms with Gasteiger partial charge < -0.3 is 15.0 Å². The second-order valence-corrected chi connectivity index (χ2v) is 6.80. The number of hydrogen-bond donors (Lipinski definition) is 1. The van der Waals surface area contributed by atoms with Gasteiger partial charge in [-0.2, -0.15) is 0 Å². The van der Waals surface area contributed by atoms with Crippen molar-refractivity contribution in [3.63, 3.8) is 0 Å². The summed E-state index contributed by atoms with van der Waals surface area (Å²) in [5, 5.41) is 3.01. The standard InChI is InChI=1S/C22H22N4O2/c1-28-19-9-5-6-16(10-19)12-23-22(27)18-13-26(14-18)21-11-20(24-15-25-21)17-7-3-2-4-8-17/h2-11,15,18H,12-14H2,1H3,(H,23,27). The van der Waals surface area contributed by atoms with Crippen LogP contribution in [0.4, 0.5) is 5.82 Å². The Morgan fingerprint density at radius 2 is 1.93 bits per heavy atom. The smallest absolute Gasteiger partial charge is 0.226 e. The van der Waals surface area contributed by atoms with Crippen LogP contribution in [0.2, 0.25) is 0 Å². The summed E-state index contributed by atoms with van der Waals surface area (Å²) in [5.41, 5.74) is 2.96. The van der Waals surface area contributed by atoms with Crippen LogP contribution < -0.4 is 15.0 Å². The summed E-state index contributed by atoms with van der Waals surface area (Å²) in [5.74, 6) is 1.68. The van der Waals surface area contributed by atoms with Gasteiger partial charge in [-0.25, -0.2) is 9.97 Å². The normalized spacial score (nSPS) is 13.7. The molecule has 0 atom stereocenters. The zero-order chi connectivity index (χ0) is 19.3. The van der Waals surface area contributed by atoms with E-state index in [9.17, 15) is 4.79 Å². The van der Waals surface area contributed by atoms with Crippen molar-refractivity contribution >= 4 is 11.7 Å². The van der Waals surface area contributed by atoms with Gasteiger partial charge in [0.2, 0.25) is 5.91 Å². The van der Waals surface area contributed by atoms with E-state index in [4.69, 9.17) is 4.74 Å². The maximum atomic E-state index is 12.4. The van der Waals surface area contributed by atoms with Crippen LogP contribution in [0, 0.1) is 5.92 Å². The molecule has 0 spiro atoms. The average molecular weight is 374 g/mol. The number of hydrogen-bond acceptors (Lipinski definition) is 5. The molecule has 0 aliphatic carbocycles. The number of nitrogens with one attached hydrogen (secondary N) is 1. The monoisotopic (exact) mass is 374 g/mol. The first-order valence-corrected chi connectivity index (χ1v) is 9.26. The van der Waals surface area contributed by atoms with Crippen molar-refractivity contribution in [3.8, 4) is 17.0 Å². The van der Waals surface area contributed by atoms with Crippen LogP contribution in [0.1, 0.15) is 5.56 Å². The number of benzene rings is 2. The maximum absolute atomic E-state index is 12.4. The molecule has 0 bridgehead atoms. The molecule has 0 unspecified atom stereocenters. The molecule has 1 N–H and O–H groups in total. The minimum Gasteiger partial charge on any atom is -0.497 e. The first-order chi connectivity index (χ1) is 13.7. The van der Waals surface area contributed by atoms with Crippen LogP contribution in [0.3, 0.4) is 0 Å². The lowest BCUT2D eigenvalue weighted by atomic mass is 9.99. The summed E-state index contributed by atoms with van der Waals surface area (Å²) < 4.78 is 5.21. The molecule has 1 fully saturated rings. The van der Waals surface area contributed by atoms with Crippen LogP contribution >= 0.6 is 0 Å². The Labute approximate surface area is 164 Å². The molecule has 1 aromatic heterocycles. The summed E-state index contributed by atoms with van der Waals surface area (Å²) in [6.45, 7) is 1.82. The minimum absolute atomic E-state index is 0.0271. The Morgan fingerprint density at radius 1 is 1.11 bits per heavy atom. The number of carbonyl (C=O) groups excluding carboxylic acids is 1. The molecule has 3 aromatic rings. The Hall–Kier alpha value is -3.41. The van der Waals surface area contributed by atoms with E-state index < -0.39 is 0 Å². The number of methoxy groups -OCH3 is 1. The van der Waals surface area contributed by atoms with E-state index in [1.54, 1.807) is 13.4 Å². The Kier molecular flexibility index (Phi) is 5.19. The van der Waals surface area contributed by atoms with Crippen molar-refractivity contribution in [1.82, 2.24) is 15.3 Å². The fourth-order valence-corrected chi connectivity index (χ4v) is 3.23. The molecule has 4 rings (SSSR count). The zero-order valence-corrected chi connectivity index (χ0v) is 15.7. The summed E-state index contributed by atoms with van der Waals surface area (Å²) in [6.07, 6.45) is 1.58. The second kappa shape index (κ2) is 8.08. The molecule has 1 aliphatic heterocycles. The van der Waals surface area contributed by atoms with Gasteiger partial charge in [-0.3, -0.25) is 4.79 Å². The van der Waals surface area contributed by atoms with Gasteiger partial charge in [0.15, 0.2) is 0 Å². The molecule has 142 valence electrons. The van der Waals surface area contributed by atoms with E-state index >= 15 is 0 Å². The van der Waals surface area contributed by atoms with Crippen molar-refractivity contribution in [3.05, 3.63) is 72.6 Å². The number of anilines is 1. The van der Waals surface area contributed by atoms with Crippen molar-refractivity contribution in [1.29, 1.82) is 0 Å². The van der Waals surface area contributed by atoms with Crippen molar-refractivity contribution < 1.29 is 9.53 Å². The molecular weight excluding hydrogens is 352 g/mol. The summed E-state index contributed by atoms with van der Waals surface area (Å²) in [7, 11) is 1.64. The molecule has 1 amide bonds. The highest BCUT2D eigenvalue weighted by Gasteiger charge is 2.33. The highest BCUT2D eigenvalue weighted by molar-refractivity contribution is 5.82. The third kappa shape index (κ3) is 3.96. The van der Waals surface area contributed by atoms with Crippen LogP contribution in [-0.2, 0) is 11.3 Å². The number of rotatable bonds is 6. The molecule has 28 heavy (non-hydrogen) atoms. The molecule has 0 radical (unpaired) electrons. The van der Waals surface area contributed by atoms with Gasteiger partial charge in [-0.15, -0.1) is 0 Å². The van der Waals surface area contributed by atoms with Crippen LogP contribution in [0.25, 0.3) is 11.3 Å². The third-order valence-corrected chi connectivity index (χ3v) is 4.90. The zero-order valence-electron chi connectivity index (χ0n) is 15.7. The Balaban J connectivity index is 1.32. The van der Waals surface area contributed by atoms with Gasteiger partial charge in [0.05, 0.1) is 18.7 Å². The number of ether oxygens (including phenoxy) is 1. The van der Waals surface area contributed by atoms with Crippen LogP contribution in [-0.4, -0.2) is 36.1 Å². The van der Waals surface area contributed by atoms with Crippen molar-refractivity contribution in [2.45, 2.75) is 6.54 Å². The molecule has 6 nitrogen and oxygen atoms in total. The molecular formula is C22H22N4O2. The molecule has 2 aromatic carbocycles. The highest BCUT2D eigenvalue weighted by atomic mass is 16.5. The first-order valence-electron chi connectivity index (χ1n) is 9.26. The predicted molar refractivity (Wildman–Crippen MR) is 108 cm³/mol. The SMILES string of the molecule is COc1cccc(CNC(=O)C2CN(c3cc(-c4ccccc4)ncn3)C2)c1. The van der Waals surface area contributed by atoms with Gasteiger partial charge in [0, 0.05) is 31.3 Å². The van der Waals surface area contributed by atoms with E-state index in [1.165, 1.54) is 0 Å². The molecule has 0 saturated carbocycles. The van der Waals surface area contributed by atoms with Gasteiger partial charge in [0.1, 0.15) is 17.9 Å². The Morgan fingerprint density at radius 3 is 2.71 bits per heavy atom. The number of carbonyl (C=O) groups is 1. The maximum Gasteiger partial charge on any atom is 0.226 e. The second-order valence-electron chi connectivity index (χ2n) is 6.80. The lowest BCUT2D eigenvalue weighted by Crippen LogP contribution is -2.54. The minimum atomic E-state index is -0.0271. The van der Waals surface area contributed by atoms with Gasteiger partial charge in [0.25, 0.3) is 0 Å². The number of nitrogens with zero attached hydrogens (tertiary/aromatic N) is 3. The van der Waals surface area contributed by atoms with Crippen molar-refractivity contribution in [2.75, 3.05) is 25.1 Å². The largest absolute Gasteiger partial charge is 0.497 e. The first kappa shape index (κ1) is 18.0. The van der Waals surface area contributed by atoms with E-state index in [2.05, 4.69) is 20.2 Å². The third-order valence-electron chi connectivity index (χ3n) is 4.90. The Bertz CT molecular complexity index is 956. The van der Waals surface area contributed by atoms with Crippen molar-refractivity contribution in [2.24, 2.45) is 5.92 Å². The van der Waals surface area contributed by atoms with Gasteiger partial charge in [-0.05, 0) is 17.7 Å². The summed E-state index contributed by atoms with van der Waals surface area (Å²) in [4.78, 5) is 23.2. The number of aromatic nitrogens is 2. The van der Waals surface area contributed by atoms with E-state index in [0.29, 0.717) is 19.6 Å².